The normalized spacial score (nSPS) is 24.0. The third-order valence-electron chi connectivity index (χ3n) is 5.81. The molecular formula is C22H28N4OS. The Labute approximate surface area is 170 Å². The maximum atomic E-state index is 12.8. The second kappa shape index (κ2) is 9.43. The number of carbonyl (C=O) groups excluding carboxylic acids is 1. The van der Waals surface area contributed by atoms with Gasteiger partial charge >= 0.3 is 0 Å². The molecule has 5 nitrogen and oxygen atoms in total. The van der Waals surface area contributed by atoms with E-state index in [1.807, 2.05) is 23.7 Å². The highest BCUT2D eigenvalue weighted by Crippen LogP contribution is 2.32. The van der Waals surface area contributed by atoms with E-state index in [0.29, 0.717) is 11.6 Å². The van der Waals surface area contributed by atoms with Gasteiger partial charge in [0.15, 0.2) is 0 Å². The van der Waals surface area contributed by atoms with Gasteiger partial charge in [-0.05, 0) is 62.6 Å². The highest BCUT2D eigenvalue weighted by atomic mass is 32.1. The van der Waals surface area contributed by atoms with Crippen LogP contribution in [-0.4, -0.2) is 40.4 Å². The summed E-state index contributed by atoms with van der Waals surface area (Å²) in [5.74, 6) is 1.03. The van der Waals surface area contributed by atoms with E-state index < -0.39 is 0 Å². The number of hydrogen-bond donors (Lipinski definition) is 1. The lowest BCUT2D eigenvalue weighted by Crippen LogP contribution is -2.44. The highest BCUT2D eigenvalue weighted by Gasteiger charge is 2.32. The molecule has 2 aromatic heterocycles. The van der Waals surface area contributed by atoms with Gasteiger partial charge < -0.3 is 10.2 Å². The molecule has 1 saturated heterocycles. The van der Waals surface area contributed by atoms with Gasteiger partial charge in [-0.2, -0.15) is 0 Å². The fourth-order valence-electron chi connectivity index (χ4n) is 4.40. The van der Waals surface area contributed by atoms with Crippen LogP contribution >= 0.6 is 11.3 Å². The lowest BCUT2D eigenvalue weighted by Gasteiger charge is -2.38. The minimum Gasteiger partial charge on any atom is -0.341 e. The maximum absolute atomic E-state index is 12.8. The fourth-order valence-corrected chi connectivity index (χ4v) is 5.18. The number of pyridine rings is 1. The minimum absolute atomic E-state index is 0.0523. The SMILES string of the molecule is O=C(N[C@H](c1nccs1)[C@H]1CCCN(C[C@H]2CC=CCC2)C1)c1ccccn1. The molecule has 2 aromatic rings. The molecule has 28 heavy (non-hydrogen) atoms. The summed E-state index contributed by atoms with van der Waals surface area (Å²) in [6.45, 7) is 3.35. The van der Waals surface area contributed by atoms with Crippen molar-refractivity contribution in [2.75, 3.05) is 19.6 Å². The van der Waals surface area contributed by atoms with Gasteiger partial charge in [-0.15, -0.1) is 11.3 Å². The van der Waals surface area contributed by atoms with Crippen LogP contribution in [0, 0.1) is 11.8 Å². The van der Waals surface area contributed by atoms with Crippen LogP contribution < -0.4 is 5.32 Å². The van der Waals surface area contributed by atoms with E-state index in [4.69, 9.17) is 0 Å². The number of carbonyl (C=O) groups is 1. The summed E-state index contributed by atoms with van der Waals surface area (Å²) in [7, 11) is 0. The summed E-state index contributed by atoms with van der Waals surface area (Å²) in [6, 6.07) is 5.39. The molecule has 0 bridgehead atoms. The molecular weight excluding hydrogens is 368 g/mol. The molecule has 1 aliphatic carbocycles. The number of nitrogens with one attached hydrogen (secondary N) is 1. The third kappa shape index (κ3) is 4.86. The molecule has 1 amide bonds. The Morgan fingerprint density at radius 1 is 1.25 bits per heavy atom. The monoisotopic (exact) mass is 396 g/mol. The van der Waals surface area contributed by atoms with Crippen LogP contribution in [-0.2, 0) is 0 Å². The zero-order valence-corrected chi connectivity index (χ0v) is 17.0. The average Bonchev–Trinajstić information content (AvgIpc) is 3.28. The van der Waals surface area contributed by atoms with Crippen molar-refractivity contribution in [2.45, 2.75) is 38.1 Å². The Morgan fingerprint density at radius 2 is 2.21 bits per heavy atom. The molecule has 4 rings (SSSR count). The van der Waals surface area contributed by atoms with Gasteiger partial charge in [0.05, 0.1) is 6.04 Å². The molecule has 148 valence electrons. The van der Waals surface area contributed by atoms with Crippen molar-refractivity contribution >= 4 is 17.2 Å². The van der Waals surface area contributed by atoms with Gasteiger partial charge in [-0.1, -0.05) is 18.2 Å². The fraction of sp³-hybridized carbons (Fsp3) is 0.500. The van der Waals surface area contributed by atoms with Crippen molar-refractivity contribution in [2.24, 2.45) is 11.8 Å². The molecule has 2 aliphatic rings. The van der Waals surface area contributed by atoms with Gasteiger partial charge in [0.25, 0.3) is 5.91 Å². The molecule has 0 unspecified atom stereocenters. The molecule has 0 spiro atoms. The first-order valence-corrected chi connectivity index (χ1v) is 11.2. The second-order valence-corrected chi connectivity index (χ2v) is 8.77. The van der Waals surface area contributed by atoms with Gasteiger partial charge in [0.1, 0.15) is 10.7 Å². The first-order valence-electron chi connectivity index (χ1n) is 10.3. The summed E-state index contributed by atoms with van der Waals surface area (Å²) < 4.78 is 0. The molecule has 0 radical (unpaired) electrons. The van der Waals surface area contributed by atoms with Crippen LogP contribution in [0.5, 0.6) is 0 Å². The lowest BCUT2D eigenvalue weighted by atomic mass is 9.88. The Balaban J connectivity index is 1.45. The maximum Gasteiger partial charge on any atom is 0.270 e. The zero-order valence-electron chi connectivity index (χ0n) is 16.2. The smallest absolute Gasteiger partial charge is 0.270 e. The summed E-state index contributed by atoms with van der Waals surface area (Å²) in [5, 5.41) is 6.23. The second-order valence-electron chi connectivity index (χ2n) is 7.85. The van der Waals surface area contributed by atoms with Crippen LogP contribution in [0.3, 0.4) is 0 Å². The molecule has 0 aromatic carbocycles. The van der Waals surface area contributed by atoms with Crippen molar-refractivity contribution in [3.63, 3.8) is 0 Å². The number of hydrogen-bond acceptors (Lipinski definition) is 5. The predicted octanol–water partition coefficient (Wildman–Crippen LogP) is 4.08. The van der Waals surface area contributed by atoms with Crippen LogP contribution in [0.1, 0.15) is 53.6 Å². The molecule has 3 heterocycles. The summed E-state index contributed by atoms with van der Waals surface area (Å²) in [6.07, 6.45) is 14.1. The first kappa shape index (κ1) is 19.3. The van der Waals surface area contributed by atoms with Crippen molar-refractivity contribution in [3.05, 3.63) is 58.8 Å². The van der Waals surface area contributed by atoms with E-state index in [2.05, 4.69) is 32.3 Å². The van der Waals surface area contributed by atoms with Gasteiger partial charge in [0, 0.05) is 30.9 Å². The number of thiazole rings is 1. The lowest BCUT2D eigenvalue weighted by molar-refractivity contribution is 0.0862. The van der Waals surface area contributed by atoms with Crippen LogP contribution in [0.4, 0.5) is 0 Å². The molecule has 6 heteroatoms. The van der Waals surface area contributed by atoms with E-state index in [1.165, 1.54) is 32.2 Å². The molecule has 1 aliphatic heterocycles. The molecule has 1 fully saturated rings. The highest BCUT2D eigenvalue weighted by molar-refractivity contribution is 7.09. The topological polar surface area (TPSA) is 58.1 Å². The Hall–Kier alpha value is -2.05. The van der Waals surface area contributed by atoms with Crippen molar-refractivity contribution in [3.8, 4) is 0 Å². The number of amides is 1. The Kier molecular flexibility index (Phi) is 6.49. The van der Waals surface area contributed by atoms with E-state index in [-0.39, 0.29) is 11.9 Å². The largest absolute Gasteiger partial charge is 0.341 e. The van der Waals surface area contributed by atoms with Gasteiger partial charge in [-0.3, -0.25) is 9.78 Å². The Morgan fingerprint density at radius 3 is 2.96 bits per heavy atom. The van der Waals surface area contributed by atoms with Gasteiger partial charge in [0.2, 0.25) is 0 Å². The molecule has 3 atom stereocenters. The van der Waals surface area contributed by atoms with Gasteiger partial charge in [-0.25, -0.2) is 4.98 Å². The quantitative estimate of drug-likeness (QED) is 0.748. The number of aromatic nitrogens is 2. The predicted molar refractivity (Wildman–Crippen MR) is 112 cm³/mol. The van der Waals surface area contributed by atoms with Crippen LogP contribution in [0.25, 0.3) is 0 Å². The van der Waals surface area contributed by atoms with E-state index >= 15 is 0 Å². The standard InChI is InChI=1S/C22H28N4OS/c27-21(19-10-4-5-11-23-19)25-20(22-24-12-14-28-22)18-9-6-13-26(16-18)15-17-7-2-1-3-8-17/h1-2,4-5,10-12,14,17-18,20H,3,6-9,13,15-16H2,(H,25,27)/t17-,18-,20-/m0/s1. The van der Waals surface area contributed by atoms with Crippen LogP contribution in [0.2, 0.25) is 0 Å². The number of piperidine rings is 1. The number of allylic oxidation sites excluding steroid dienone is 2. The summed E-state index contributed by atoms with van der Waals surface area (Å²) in [5.41, 5.74) is 0.464. The van der Waals surface area contributed by atoms with E-state index in [0.717, 1.165) is 30.4 Å². The first-order chi connectivity index (χ1) is 13.8. The summed E-state index contributed by atoms with van der Waals surface area (Å²) >= 11 is 1.62. The molecule has 0 saturated carbocycles. The number of likely N-dealkylation sites (tertiary alicyclic amines) is 1. The summed E-state index contributed by atoms with van der Waals surface area (Å²) in [4.78, 5) is 24.1. The average molecular weight is 397 g/mol. The third-order valence-corrected chi connectivity index (χ3v) is 6.67. The van der Waals surface area contributed by atoms with Crippen molar-refractivity contribution in [1.82, 2.24) is 20.2 Å². The molecule has 1 N–H and O–H groups in total. The van der Waals surface area contributed by atoms with Crippen LogP contribution in [0.15, 0.2) is 48.1 Å². The van der Waals surface area contributed by atoms with E-state index in [9.17, 15) is 4.79 Å². The number of nitrogens with zero attached hydrogens (tertiary/aromatic N) is 3. The zero-order chi connectivity index (χ0) is 19.2. The van der Waals surface area contributed by atoms with E-state index in [1.54, 1.807) is 23.6 Å². The van der Waals surface area contributed by atoms with Crippen molar-refractivity contribution in [1.29, 1.82) is 0 Å². The Bertz CT molecular complexity index is 777. The van der Waals surface area contributed by atoms with Crippen molar-refractivity contribution < 1.29 is 4.79 Å². The number of rotatable bonds is 6. The minimum atomic E-state index is -0.115.